The SMILES string of the molecule is CC(C)(C)CC1C(F)CCCC1F. The standard InChI is InChI=1S/C11H20F2/c1-11(2,3)7-8-9(12)5-4-6-10(8)13/h8-10H,4-7H2,1-3H3. The van der Waals surface area contributed by atoms with Crippen molar-refractivity contribution in [2.75, 3.05) is 0 Å². The Kier molecular flexibility index (Phi) is 3.31. The van der Waals surface area contributed by atoms with Gasteiger partial charge in [0.2, 0.25) is 0 Å². The van der Waals surface area contributed by atoms with E-state index in [1.807, 2.05) is 20.8 Å². The molecule has 2 unspecified atom stereocenters. The second-order valence-electron chi connectivity index (χ2n) is 5.39. The maximum absolute atomic E-state index is 13.4. The molecule has 0 aromatic carbocycles. The third-order valence-electron chi connectivity index (χ3n) is 2.74. The van der Waals surface area contributed by atoms with Crippen LogP contribution in [0.5, 0.6) is 0 Å². The first-order valence-corrected chi connectivity index (χ1v) is 5.18. The molecule has 0 aliphatic heterocycles. The third kappa shape index (κ3) is 3.24. The van der Waals surface area contributed by atoms with Crippen molar-refractivity contribution in [1.82, 2.24) is 0 Å². The summed E-state index contributed by atoms with van der Waals surface area (Å²) < 4.78 is 26.8. The molecule has 2 heteroatoms. The highest BCUT2D eigenvalue weighted by atomic mass is 19.1. The highest BCUT2D eigenvalue weighted by Gasteiger charge is 2.35. The van der Waals surface area contributed by atoms with Crippen molar-refractivity contribution < 1.29 is 8.78 Å². The molecule has 0 heterocycles. The van der Waals surface area contributed by atoms with Gasteiger partial charge in [-0.05, 0) is 31.1 Å². The van der Waals surface area contributed by atoms with E-state index in [-0.39, 0.29) is 11.3 Å². The van der Waals surface area contributed by atoms with E-state index in [9.17, 15) is 8.78 Å². The molecular weight excluding hydrogens is 170 g/mol. The van der Waals surface area contributed by atoms with Gasteiger partial charge in [0.05, 0.1) is 0 Å². The van der Waals surface area contributed by atoms with E-state index in [0.29, 0.717) is 25.7 Å². The van der Waals surface area contributed by atoms with E-state index in [0.717, 1.165) is 0 Å². The van der Waals surface area contributed by atoms with Gasteiger partial charge in [-0.2, -0.15) is 0 Å². The average molecular weight is 190 g/mol. The molecule has 0 saturated heterocycles. The lowest BCUT2D eigenvalue weighted by atomic mass is 9.76. The topological polar surface area (TPSA) is 0 Å². The van der Waals surface area contributed by atoms with Gasteiger partial charge in [-0.15, -0.1) is 0 Å². The monoisotopic (exact) mass is 190 g/mol. The van der Waals surface area contributed by atoms with E-state index < -0.39 is 12.3 Å². The lowest BCUT2D eigenvalue weighted by Gasteiger charge is -2.34. The maximum Gasteiger partial charge on any atom is 0.106 e. The minimum absolute atomic E-state index is 0.0384. The highest BCUT2D eigenvalue weighted by Crippen LogP contribution is 2.37. The van der Waals surface area contributed by atoms with Crippen LogP contribution in [-0.4, -0.2) is 12.3 Å². The molecule has 78 valence electrons. The second-order valence-corrected chi connectivity index (χ2v) is 5.39. The van der Waals surface area contributed by atoms with Gasteiger partial charge in [0.15, 0.2) is 0 Å². The van der Waals surface area contributed by atoms with Gasteiger partial charge in [-0.25, -0.2) is 8.78 Å². The summed E-state index contributed by atoms with van der Waals surface area (Å²) in [7, 11) is 0. The Morgan fingerprint density at radius 2 is 1.54 bits per heavy atom. The van der Waals surface area contributed by atoms with Crippen molar-refractivity contribution in [3.63, 3.8) is 0 Å². The minimum atomic E-state index is -0.914. The first kappa shape index (κ1) is 10.9. The summed E-state index contributed by atoms with van der Waals surface area (Å²) in [5, 5.41) is 0. The van der Waals surface area contributed by atoms with E-state index in [1.165, 1.54) is 0 Å². The van der Waals surface area contributed by atoms with Crippen LogP contribution in [0.1, 0.15) is 46.5 Å². The van der Waals surface area contributed by atoms with Crippen molar-refractivity contribution >= 4 is 0 Å². The number of hydrogen-bond donors (Lipinski definition) is 0. The number of halogens is 2. The first-order valence-electron chi connectivity index (χ1n) is 5.18. The summed E-state index contributed by atoms with van der Waals surface area (Å²) >= 11 is 0. The number of alkyl halides is 2. The second kappa shape index (κ2) is 3.93. The zero-order valence-corrected chi connectivity index (χ0v) is 8.82. The smallest absolute Gasteiger partial charge is 0.106 e. The van der Waals surface area contributed by atoms with Gasteiger partial charge in [-0.1, -0.05) is 20.8 Å². The normalized spacial score (nSPS) is 36.2. The van der Waals surface area contributed by atoms with Crippen molar-refractivity contribution in [3.8, 4) is 0 Å². The van der Waals surface area contributed by atoms with Crippen LogP contribution < -0.4 is 0 Å². The summed E-state index contributed by atoms with van der Waals surface area (Å²) in [6.07, 6.45) is 0.659. The van der Waals surface area contributed by atoms with Crippen LogP contribution in [0.15, 0.2) is 0 Å². The fraction of sp³-hybridized carbons (Fsp3) is 1.00. The Morgan fingerprint density at radius 1 is 1.08 bits per heavy atom. The Labute approximate surface area is 79.7 Å². The summed E-state index contributed by atoms with van der Waals surface area (Å²) in [5.74, 6) is -0.353. The lowest BCUT2D eigenvalue weighted by molar-refractivity contribution is 0.0471. The van der Waals surface area contributed by atoms with E-state index in [2.05, 4.69) is 0 Å². The molecule has 2 atom stereocenters. The van der Waals surface area contributed by atoms with Crippen LogP contribution in [0.3, 0.4) is 0 Å². The number of hydrogen-bond acceptors (Lipinski definition) is 0. The molecule has 0 N–H and O–H groups in total. The highest BCUT2D eigenvalue weighted by molar-refractivity contribution is 4.85. The summed E-state index contributed by atoms with van der Waals surface area (Å²) in [5.41, 5.74) is 0.0384. The van der Waals surface area contributed by atoms with Crippen LogP contribution in [0.4, 0.5) is 8.78 Å². The van der Waals surface area contributed by atoms with Gasteiger partial charge in [0.1, 0.15) is 12.3 Å². The predicted molar refractivity (Wildman–Crippen MR) is 51.2 cm³/mol. The Morgan fingerprint density at radius 3 is 1.92 bits per heavy atom. The van der Waals surface area contributed by atoms with Crippen LogP contribution in [0, 0.1) is 11.3 Å². The van der Waals surface area contributed by atoms with Gasteiger partial charge in [0, 0.05) is 5.92 Å². The molecular formula is C11H20F2. The Hall–Kier alpha value is -0.140. The molecule has 1 aliphatic rings. The van der Waals surface area contributed by atoms with Crippen molar-refractivity contribution in [2.24, 2.45) is 11.3 Å². The summed E-state index contributed by atoms with van der Waals surface area (Å²) in [4.78, 5) is 0. The van der Waals surface area contributed by atoms with Crippen molar-refractivity contribution in [2.45, 2.75) is 58.8 Å². The Bertz CT molecular complexity index is 150. The lowest BCUT2D eigenvalue weighted by Crippen LogP contribution is -2.33. The van der Waals surface area contributed by atoms with E-state index >= 15 is 0 Å². The number of rotatable bonds is 1. The molecule has 0 amide bonds. The Balaban J connectivity index is 2.54. The molecule has 1 rings (SSSR count). The van der Waals surface area contributed by atoms with Crippen LogP contribution in [0.2, 0.25) is 0 Å². The van der Waals surface area contributed by atoms with Gasteiger partial charge >= 0.3 is 0 Å². The molecule has 0 aromatic rings. The van der Waals surface area contributed by atoms with Crippen LogP contribution in [0.25, 0.3) is 0 Å². The van der Waals surface area contributed by atoms with Gasteiger partial charge < -0.3 is 0 Å². The maximum atomic E-state index is 13.4. The predicted octanol–water partition coefficient (Wildman–Crippen LogP) is 3.90. The van der Waals surface area contributed by atoms with E-state index in [4.69, 9.17) is 0 Å². The third-order valence-corrected chi connectivity index (χ3v) is 2.74. The average Bonchev–Trinajstić information content (AvgIpc) is 1.95. The molecule has 0 aromatic heterocycles. The molecule has 0 nitrogen and oxygen atoms in total. The molecule has 1 fully saturated rings. The fourth-order valence-electron chi connectivity index (χ4n) is 2.13. The quantitative estimate of drug-likeness (QED) is 0.588. The summed E-state index contributed by atoms with van der Waals surface area (Å²) in [6, 6.07) is 0. The van der Waals surface area contributed by atoms with Gasteiger partial charge in [0.25, 0.3) is 0 Å². The molecule has 13 heavy (non-hydrogen) atoms. The zero-order valence-electron chi connectivity index (χ0n) is 8.82. The van der Waals surface area contributed by atoms with Crippen LogP contribution in [-0.2, 0) is 0 Å². The fourth-order valence-corrected chi connectivity index (χ4v) is 2.13. The minimum Gasteiger partial charge on any atom is -0.247 e. The zero-order chi connectivity index (χ0) is 10.1. The molecule has 0 bridgehead atoms. The molecule has 0 radical (unpaired) electrons. The molecule has 0 spiro atoms. The van der Waals surface area contributed by atoms with Crippen LogP contribution >= 0.6 is 0 Å². The molecule has 1 aliphatic carbocycles. The van der Waals surface area contributed by atoms with Gasteiger partial charge in [-0.3, -0.25) is 0 Å². The van der Waals surface area contributed by atoms with Crippen molar-refractivity contribution in [3.05, 3.63) is 0 Å². The first-order chi connectivity index (χ1) is 5.90. The van der Waals surface area contributed by atoms with Crippen molar-refractivity contribution in [1.29, 1.82) is 0 Å². The molecule has 1 saturated carbocycles. The van der Waals surface area contributed by atoms with E-state index in [1.54, 1.807) is 0 Å². The summed E-state index contributed by atoms with van der Waals surface area (Å²) in [6.45, 7) is 6.13. The largest absolute Gasteiger partial charge is 0.247 e.